The molecule has 0 fully saturated rings. The fraction of sp³-hybridized carbons (Fsp3) is 0.964. The molecule has 7 heteroatoms. The van der Waals surface area contributed by atoms with Crippen molar-refractivity contribution in [3.63, 3.8) is 0 Å². The number of rotatable bonds is 27. The third-order valence-electron chi connectivity index (χ3n) is 6.56. The molecule has 0 amide bonds. The lowest BCUT2D eigenvalue weighted by Crippen LogP contribution is -2.18. The van der Waals surface area contributed by atoms with Crippen molar-refractivity contribution in [1.82, 2.24) is 4.90 Å². The van der Waals surface area contributed by atoms with Gasteiger partial charge in [-0.2, -0.15) is 0 Å². The maximum Gasteiger partial charge on any atom is 0.472 e. The number of carbonyl (C=O) groups excluding carboxylic acids is 1. The Balaban J connectivity index is 3.68. The molecule has 0 heterocycles. The minimum absolute atomic E-state index is 0.0261. The molecule has 0 aliphatic rings. The molecule has 0 saturated carbocycles. The Bertz CT molecular complexity index is 529. The van der Waals surface area contributed by atoms with E-state index in [2.05, 4.69) is 6.92 Å². The normalized spacial score (nSPS) is 14.3. The van der Waals surface area contributed by atoms with Gasteiger partial charge in [0.2, 0.25) is 0 Å². The van der Waals surface area contributed by atoms with Gasteiger partial charge in [0, 0.05) is 13.0 Å². The van der Waals surface area contributed by atoms with E-state index in [4.69, 9.17) is 9.05 Å². The van der Waals surface area contributed by atoms with Crippen molar-refractivity contribution in [1.29, 1.82) is 0 Å². The van der Waals surface area contributed by atoms with Crippen molar-refractivity contribution < 1.29 is 23.3 Å². The van der Waals surface area contributed by atoms with Gasteiger partial charge < -0.3 is 14.6 Å². The number of unbranched alkanes of at least 4 members (excludes halogenated alkanes) is 16. The second-order valence-electron chi connectivity index (χ2n) is 10.6. The lowest BCUT2D eigenvalue weighted by Gasteiger charge is -2.19. The molecular weight excluding hydrogens is 461 g/mol. The zero-order chi connectivity index (χ0) is 26.2. The molecule has 0 aromatic carbocycles. The predicted octanol–water partition coefficient (Wildman–Crippen LogP) is 8.32. The van der Waals surface area contributed by atoms with Crippen LogP contribution in [0.3, 0.4) is 0 Å². The second kappa shape index (κ2) is 24.1. The first-order chi connectivity index (χ1) is 16.8. The molecule has 0 bridgehead atoms. The Hall–Kier alpha value is -0.260. The standard InChI is InChI=1S/C28H58NO5P/c1-5-6-7-8-9-10-11-12-13-14-15-16-17-18-19-20-21-22-28(25-27(2)30)26-34-35(31,32)33-24-23-29(3)4/h28H,5-26H2,1-4H3,(H,31,32). The summed E-state index contributed by atoms with van der Waals surface area (Å²) in [7, 11) is -0.323. The Morgan fingerprint density at radius 2 is 1.20 bits per heavy atom. The first kappa shape index (κ1) is 34.7. The van der Waals surface area contributed by atoms with Crippen molar-refractivity contribution >= 4 is 13.6 Å². The summed E-state index contributed by atoms with van der Waals surface area (Å²) in [6.07, 6.45) is 24.0. The van der Waals surface area contributed by atoms with Gasteiger partial charge in [0.25, 0.3) is 0 Å². The van der Waals surface area contributed by atoms with Crippen LogP contribution in [-0.4, -0.2) is 49.4 Å². The van der Waals surface area contributed by atoms with E-state index in [-0.39, 0.29) is 24.9 Å². The summed E-state index contributed by atoms with van der Waals surface area (Å²) in [5.74, 6) is 0.0636. The molecule has 6 nitrogen and oxygen atoms in total. The number of Topliss-reactive ketones (excluding diaryl/α,β-unsaturated/α-hetero) is 1. The average molecular weight is 520 g/mol. The number of ketones is 1. The number of carbonyl (C=O) groups is 1. The van der Waals surface area contributed by atoms with Gasteiger partial charge in [-0.1, -0.05) is 116 Å². The van der Waals surface area contributed by atoms with Gasteiger partial charge in [-0.05, 0) is 33.4 Å². The third kappa shape index (κ3) is 26.6. The highest BCUT2D eigenvalue weighted by molar-refractivity contribution is 7.47. The van der Waals surface area contributed by atoms with E-state index in [0.717, 1.165) is 19.3 Å². The van der Waals surface area contributed by atoms with E-state index in [1.165, 1.54) is 96.3 Å². The highest BCUT2D eigenvalue weighted by Gasteiger charge is 2.23. The lowest BCUT2D eigenvalue weighted by molar-refractivity contribution is -0.118. The first-order valence-electron chi connectivity index (χ1n) is 14.5. The summed E-state index contributed by atoms with van der Waals surface area (Å²) in [6, 6.07) is 0. The molecule has 0 aliphatic carbocycles. The van der Waals surface area contributed by atoms with Crippen molar-refractivity contribution in [2.45, 2.75) is 136 Å². The van der Waals surface area contributed by atoms with Crippen molar-refractivity contribution in [2.24, 2.45) is 5.92 Å². The number of phosphoric acid groups is 1. The summed E-state index contributed by atoms with van der Waals surface area (Å²) in [6.45, 7) is 4.61. The quantitative estimate of drug-likeness (QED) is 0.0868. The molecule has 0 rings (SSSR count). The molecule has 1 N–H and O–H groups in total. The number of likely N-dealkylation sites (N-methyl/N-ethyl adjacent to an activating group) is 1. The first-order valence-corrected chi connectivity index (χ1v) is 16.0. The van der Waals surface area contributed by atoms with Crippen molar-refractivity contribution in [3.8, 4) is 0 Å². The maximum absolute atomic E-state index is 12.0. The van der Waals surface area contributed by atoms with E-state index in [1.54, 1.807) is 6.92 Å². The number of hydrogen-bond acceptors (Lipinski definition) is 5. The van der Waals surface area contributed by atoms with Gasteiger partial charge >= 0.3 is 7.82 Å². The minimum Gasteiger partial charge on any atom is -0.307 e. The summed E-state index contributed by atoms with van der Waals surface area (Å²) in [5.41, 5.74) is 0. The Morgan fingerprint density at radius 1 is 0.771 bits per heavy atom. The van der Waals surface area contributed by atoms with Crippen molar-refractivity contribution in [3.05, 3.63) is 0 Å². The average Bonchev–Trinajstić information content (AvgIpc) is 2.78. The molecule has 35 heavy (non-hydrogen) atoms. The van der Waals surface area contributed by atoms with E-state index in [9.17, 15) is 14.3 Å². The van der Waals surface area contributed by atoms with E-state index in [1.807, 2.05) is 19.0 Å². The second-order valence-corrected chi connectivity index (χ2v) is 12.1. The van der Waals surface area contributed by atoms with Gasteiger partial charge in [0.05, 0.1) is 13.2 Å². The fourth-order valence-corrected chi connectivity index (χ4v) is 5.17. The van der Waals surface area contributed by atoms with Crippen LogP contribution in [0.5, 0.6) is 0 Å². The van der Waals surface area contributed by atoms with E-state index in [0.29, 0.717) is 13.0 Å². The van der Waals surface area contributed by atoms with Gasteiger partial charge in [-0.15, -0.1) is 0 Å². The maximum atomic E-state index is 12.0. The number of nitrogens with zero attached hydrogens (tertiary/aromatic N) is 1. The van der Waals surface area contributed by atoms with Crippen LogP contribution in [0.4, 0.5) is 0 Å². The van der Waals surface area contributed by atoms with Gasteiger partial charge in [0.15, 0.2) is 0 Å². The molecule has 210 valence electrons. The molecule has 2 unspecified atom stereocenters. The Labute approximate surface area is 217 Å². The van der Waals surface area contributed by atoms with Crippen LogP contribution in [0.15, 0.2) is 0 Å². The Morgan fingerprint density at radius 3 is 1.60 bits per heavy atom. The molecule has 2 atom stereocenters. The van der Waals surface area contributed by atoms with Crippen LogP contribution in [0.2, 0.25) is 0 Å². The summed E-state index contributed by atoms with van der Waals surface area (Å²) in [5, 5.41) is 0. The lowest BCUT2D eigenvalue weighted by atomic mass is 9.96. The third-order valence-corrected chi connectivity index (χ3v) is 7.54. The van der Waals surface area contributed by atoms with Crippen LogP contribution in [0.25, 0.3) is 0 Å². The summed E-state index contributed by atoms with van der Waals surface area (Å²) < 4.78 is 22.2. The summed E-state index contributed by atoms with van der Waals surface area (Å²) >= 11 is 0. The molecule has 0 spiro atoms. The van der Waals surface area contributed by atoms with Gasteiger partial charge in [-0.25, -0.2) is 4.57 Å². The van der Waals surface area contributed by atoms with Crippen LogP contribution in [0.1, 0.15) is 136 Å². The van der Waals surface area contributed by atoms with E-state index >= 15 is 0 Å². The van der Waals surface area contributed by atoms with Gasteiger partial charge in [-0.3, -0.25) is 9.05 Å². The highest BCUT2D eigenvalue weighted by Crippen LogP contribution is 2.43. The largest absolute Gasteiger partial charge is 0.472 e. The number of hydrogen-bond donors (Lipinski definition) is 1. The topological polar surface area (TPSA) is 76.1 Å². The predicted molar refractivity (Wildman–Crippen MR) is 148 cm³/mol. The molecule has 0 aromatic rings. The Kier molecular flexibility index (Phi) is 23.9. The molecule has 0 saturated heterocycles. The van der Waals surface area contributed by atoms with E-state index < -0.39 is 7.82 Å². The minimum atomic E-state index is -4.06. The SMILES string of the molecule is CCCCCCCCCCCCCCCCCCCC(COP(=O)(O)OCCN(C)C)CC(C)=O. The zero-order valence-corrected chi connectivity index (χ0v) is 24.5. The monoisotopic (exact) mass is 519 g/mol. The van der Waals surface area contributed by atoms with Crippen LogP contribution < -0.4 is 0 Å². The highest BCUT2D eigenvalue weighted by atomic mass is 31.2. The van der Waals surface area contributed by atoms with Crippen LogP contribution in [-0.2, 0) is 18.4 Å². The van der Waals surface area contributed by atoms with Crippen molar-refractivity contribution in [2.75, 3.05) is 33.9 Å². The molecular formula is C28H58NO5P. The molecule has 0 aliphatic heterocycles. The summed E-state index contributed by atoms with van der Waals surface area (Å²) in [4.78, 5) is 23.3. The number of phosphoric ester groups is 1. The smallest absolute Gasteiger partial charge is 0.307 e. The molecule has 0 radical (unpaired) electrons. The van der Waals surface area contributed by atoms with Gasteiger partial charge in [0.1, 0.15) is 5.78 Å². The van der Waals surface area contributed by atoms with Crippen LogP contribution >= 0.6 is 7.82 Å². The molecule has 0 aromatic heterocycles. The zero-order valence-electron chi connectivity index (χ0n) is 23.6. The fourth-order valence-electron chi connectivity index (χ4n) is 4.38. The van der Waals surface area contributed by atoms with Crippen LogP contribution in [0, 0.1) is 5.92 Å².